The number of nitrogens with one attached hydrogen (secondary N) is 2. The van der Waals surface area contributed by atoms with Gasteiger partial charge in [0.1, 0.15) is 11.3 Å². The highest BCUT2D eigenvalue weighted by Gasteiger charge is 2.16. The number of aromatic nitrogens is 4. The van der Waals surface area contributed by atoms with Crippen molar-refractivity contribution in [3.63, 3.8) is 0 Å². The van der Waals surface area contributed by atoms with Gasteiger partial charge in [-0.3, -0.25) is 14.3 Å². The van der Waals surface area contributed by atoms with Crippen LogP contribution in [0.1, 0.15) is 13.3 Å². The molecule has 8 heteroatoms. The van der Waals surface area contributed by atoms with E-state index in [0.717, 1.165) is 6.42 Å². The molecule has 0 aromatic carbocycles. The molecule has 3 aromatic heterocycles. The molecule has 0 bridgehead atoms. The molecule has 20 heavy (non-hydrogen) atoms. The average Bonchev–Trinajstić information content (AvgIpc) is 3.00. The van der Waals surface area contributed by atoms with Gasteiger partial charge in [0.25, 0.3) is 5.56 Å². The highest BCUT2D eigenvalue weighted by Crippen LogP contribution is 2.27. The first kappa shape index (κ1) is 12.9. The Morgan fingerprint density at radius 3 is 2.85 bits per heavy atom. The summed E-state index contributed by atoms with van der Waals surface area (Å²) < 4.78 is 7.11. The summed E-state index contributed by atoms with van der Waals surface area (Å²) in [6, 6.07) is 1.72. The van der Waals surface area contributed by atoms with Crippen LogP contribution < -0.4 is 11.2 Å². The van der Waals surface area contributed by atoms with Gasteiger partial charge in [-0.1, -0.05) is 6.92 Å². The van der Waals surface area contributed by atoms with Crippen molar-refractivity contribution in [2.75, 3.05) is 0 Å². The average molecular weight is 339 g/mol. The molecule has 0 radical (unpaired) electrons. The van der Waals surface area contributed by atoms with Gasteiger partial charge in [-0.05, 0) is 28.4 Å². The van der Waals surface area contributed by atoms with Crippen LogP contribution in [-0.2, 0) is 6.54 Å². The van der Waals surface area contributed by atoms with E-state index in [1.54, 1.807) is 6.07 Å². The molecule has 104 valence electrons. The number of fused-ring (bicyclic) bond motifs is 1. The number of halogens is 1. The normalized spacial score (nSPS) is 11.3. The molecule has 0 fully saturated rings. The van der Waals surface area contributed by atoms with E-state index in [2.05, 4.69) is 30.9 Å². The third-order valence-corrected chi connectivity index (χ3v) is 3.57. The van der Waals surface area contributed by atoms with E-state index in [1.807, 2.05) is 6.92 Å². The lowest BCUT2D eigenvalue weighted by Crippen LogP contribution is -2.30. The molecule has 0 saturated heterocycles. The smallest absolute Gasteiger partial charge is 0.330 e. The largest absolute Gasteiger partial charge is 0.457 e. The lowest BCUT2D eigenvalue weighted by molar-refractivity contribution is 0.542. The van der Waals surface area contributed by atoms with Gasteiger partial charge in [0.05, 0.1) is 11.8 Å². The molecular formula is C12H11BrN4O3. The Labute approximate surface area is 120 Å². The molecule has 3 rings (SSSR count). The third kappa shape index (κ3) is 1.92. The van der Waals surface area contributed by atoms with Gasteiger partial charge >= 0.3 is 5.69 Å². The maximum atomic E-state index is 11.8. The molecule has 0 aliphatic heterocycles. The second-order valence-electron chi connectivity index (χ2n) is 4.30. The van der Waals surface area contributed by atoms with Crippen molar-refractivity contribution in [3.05, 3.63) is 37.8 Å². The minimum Gasteiger partial charge on any atom is -0.457 e. The minimum atomic E-state index is -0.476. The summed E-state index contributed by atoms with van der Waals surface area (Å²) in [6.07, 6.45) is 2.27. The van der Waals surface area contributed by atoms with Crippen molar-refractivity contribution in [3.8, 4) is 11.4 Å². The van der Waals surface area contributed by atoms with Crippen LogP contribution in [0, 0.1) is 0 Å². The molecule has 0 amide bonds. The highest BCUT2D eigenvalue weighted by atomic mass is 79.9. The maximum absolute atomic E-state index is 11.8. The van der Waals surface area contributed by atoms with Crippen molar-refractivity contribution < 1.29 is 4.42 Å². The second-order valence-corrected chi connectivity index (χ2v) is 5.02. The number of hydrogen-bond acceptors (Lipinski definition) is 4. The van der Waals surface area contributed by atoms with Gasteiger partial charge in [-0.2, -0.15) is 0 Å². The first-order valence-corrected chi connectivity index (χ1v) is 6.87. The summed E-state index contributed by atoms with van der Waals surface area (Å²) in [5.74, 6) is 0.474. The maximum Gasteiger partial charge on any atom is 0.330 e. The highest BCUT2D eigenvalue weighted by molar-refractivity contribution is 9.10. The topological polar surface area (TPSA) is 96.7 Å². The standard InChI is InChI=1S/C12H11BrN4O3/c1-2-4-17-10-7(11(18)16-12(17)19)14-9(15-10)6-3-5-20-8(6)13/h3,5H,2,4H2,1H3,(H,14,15)(H,16,18,19). The molecule has 0 aliphatic carbocycles. The van der Waals surface area contributed by atoms with Crippen molar-refractivity contribution in [1.82, 2.24) is 19.5 Å². The van der Waals surface area contributed by atoms with E-state index < -0.39 is 11.2 Å². The molecule has 0 saturated carbocycles. The van der Waals surface area contributed by atoms with Gasteiger partial charge < -0.3 is 9.40 Å². The number of imidazole rings is 1. The Morgan fingerprint density at radius 2 is 2.20 bits per heavy atom. The van der Waals surface area contributed by atoms with Gasteiger partial charge in [-0.15, -0.1) is 0 Å². The summed E-state index contributed by atoms with van der Waals surface area (Å²) in [5.41, 5.74) is 0.394. The predicted molar refractivity (Wildman–Crippen MR) is 76.7 cm³/mol. The predicted octanol–water partition coefficient (Wildman–Crippen LogP) is 1.85. The van der Waals surface area contributed by atoms with Crippen LogP contribution in [0.25, 0.3) is 22.6 Å². The van der Waals surface area contributed by atoms with E-state index in [9.17, 15) is 9.59 Å². The first-order valence-electron chi connectivity index (χ1n) is 6.08. The van der Waals surface area contributed by atoms with E-state index in [1.165, 1.54) is 10.8 Å². The van der Waals surface area contributed by atoms with Crippen molar-refractivity contribution in [2.45, 2.75) is 19.9 Å². The van der Waals surface area contributed by atoms with Crippen LogP contribution in [0.4, 0.5) is 0 Å². The quantitative estimate of drug-likeness (QED) is 0.761. The number of H-pyrrole nitrogens is 2. The number of rotatable bonds is 3. The Hall–Kier alpha value is -2.09. The van der Waals surface area contributed by atoms with Crippen LogP contribution in [0.2, 0.25) is 0 Å². The van der Waals surface area contributed by atoms with Crippen LogP contribution >= 0.6 is 15.9 Å². The monoisotopic (exact) mass is 338 g/mol. The van der Waals surface area contributed by atoms with Gasteiger partial charge in [0.2, 0.25) is 0 Å². The van der Waals surface area contributed by atoms with Crippen molar-refractivity contribution in [2.24, 2.45) is 0 Å². The van der Waals surface area contributed by atoms with Gasteiger partial charge in [-0.25, -0.2) is 9.78 Å². The third-order valence-electron chi connectivity index (χ3n) is 2.95. The van der Waals surface area contributed by atoms with Crippen molar-refractivity contribution >= 4 is 27.1 Å². The number of aryl methyl sites for hydroxylation is 1. The van der Waals surface area contributed by atoms with Gasteiger partial charge in [0, 0.05) is 6.54 Å². The molecular weight excluding hydrogens is 328 g/mol. The summed E-state index contributed by atoms with van der Waals surface area (Å²) in [5, 5.41) is 0. The zero-order chi connectivity index (χ0) is 14.3. The molecule has 2 N–H and O–H groups in total. The summed E-state index contributed by atoms with van der Waals surface area (Å²) >= 11 is 3.26. The lowest BCUT2D eigenvalue weighted by Gasteiger charge is -2.02. The van der Waals surface area contributed by atoms with Crippen LogP contribution in [0.5, 0.6) is 0 Å². The SMILES string of the molecule is CCCn1c(=O)[nH]c(=O)c2[nH]c(-c3ccoc3Br)nc21. The second kappa shape index (κ2) is 4.78. The lowest BCUT2D eigenvalue weighted by atomic mass is 10.3. The van der Waals surface area contributed by atoms with E-state index >= 15 is 0 Å². The number of hydrogen-bond donors (Lipinski definition) is 2. The van der Waals surface area contributed by atoms with E-state index in [4.69, 9.17) is 4.42 Å². The molecule has 0 aliphatic rings. The summed E-state index contributed by atoms with van der Waals surface area (Å²) in [4.78, 5) is 33.2. The Kier molecular flexibility index (Phi) is 3.09. The number of nitrogens with zero attached hydrogens (tertiary/aromatic N) is 2. The van der Waals surface area contributed by atoms with Crippen LogP contribution in [0.15, 0.2) is 31.0 Å². The van der Waals surface area contributed by atoms with E-state index in [-0.39, 0.29) is 5.52 Å². The zero-order valence-corrected chi connectivity index (χ0v) is 12.2. The molecule has 0 spiro atoms. The molecule has 0 atom stereocenters. The number of furan rings is 1. The van der Waals surface area contributed by atoms with Gasteiger partial charge in [0.15, 0.2) is 10.3 Å². The first-order chi connectivity index (χ1) is 9.61. The van der Waals surface area contributed by atoms with Crippen LogP contribution in [-0.4, -0.2) is 19.5 Å². The summed E-state index contributed by atoms with van der Waals surface area (Å²) in [6.45, 7) is 2.44. The zero-order valence-electron chi connectivity index (χ0n) is 10.6. The molecule has 7 nitrogen and oxygen atoms in total. The Morgan fingerprint density at radius 1 is 1.40 bits per heavy atom. The Balaban J connectivity index is 2.33. The van der Waals surface area contributed by atoms with E-state index in [0.29, 0.717) is 28.2 Å². The Bertz CT molecular complexity index is 886. The van der Waals surface area contributed by atoms with Crippen molar-refractivity contribution in [1.29, 1.82) is 0 Å². The fourth-order valence-corrected chi connectivity index (χ4v) is 2.49. The number of aromatic amines is 2. The minimum absolute atomic E-state index is 0.279. The van der Waals surface area contributed by atoms with Crippen LogP contribution in [0.3, 0.4) is 0 Å². The fraction of sp³-hybridized carbons (Fsp3) is 0.250. The molecule has 3 heterocycles. The molecule has 3 aromatic rings. The summed E-state index contributed by atoms with van der Waals surface area (Å²) in [7, 11) is 0. The fourth-order valence-electron chi connectivity index (χ4n) is 2.06. The molecule has 0 unspecified atom stereocenters.